The first-order valence-electron chi connectivity index (χ1n) is 5.85. The van der Waals surface area contributed by atoms with Crippen LogP contribution in [0.3, 0.4) is 0 Å². The van der Waals surface area contributed by atoms with Crippen LogP contribution in [0.25, 0.3) is 0 Å². The zero-order valence-electron chi connectivity index (χ0n) is 11.1. The van der Waals surface area contributed by atoms with Crippen LogP contribution >= 0.6 is 0 Å². The molecule has 0 saturated carbocycles. The molecule has 1 saturated heterocycles. The topological polar surface area (TPSA) is 86.4 Å². The third kappa shape index (κ3) is 4.15. The van der Waals surface area contributed by atoms with Crippen LogP contribution in [0.4, 0.5) is 0 Å². The number of guanidine groups is 1. The number of hydrogen-bond donors (Lipinski definition) is 1. The molecule has 2 atom stereocenters. The number of nitrogens with two attached hydrogens (primary N) is 1. The number of morpholine rings is 1. The third-order valence-electron chi connectivity index (χ3n) is 2.73. The van der Waals surface area contributed by atoms with Gasteiger partial charge in [-0.25, -0.2) is 9.79 Å². The molecule has 7 nitrogen and oxygen atoms in total. The number of aliphatic imine (C=N–C) groups is 1. The monoisotopic (exact) mass is 259 g/mol. The summed E-state index contributed by atoms with van der Waals surface area (Å²) in [6, 6.07) is 0. The minimum atomic E-state index is -0.716. The van der Waals surface area contributed by atoms with Gasteiger partial charge in [0.1, 0.15) is 0 Å². The van der Waals surface area contributed by atoms with Crippen molar-refractivity contribution in [2.24, 2.45) is 10.7 Å². The summed E-state index contributed by atoms with van der Waals surface area (Å²) in [6.45, 7) is 4.16. The van der Waals surface area contributed by atoms with E-state index < -0.39 is 12.1 Å². The molecule has 7 heteroatoms. The average Bonchev–Trinajstić information content (AvgIpc) is 2.38. The maximum atomic E-state index is 11.3. The van der Waals surface area contributed by atoms with Gasteiger partial charge in [-0.15, -0.1) is 0 Å². The second-order valence-corrected chi connectivity index (χ2v) is 4.07. The molecule has 0 spiro atoms. The largest absolute Gasteiger partial charge is 0.467 e. The van der Waals surface area contributed by atoms with Crippen molar-refractivity contribution in [2.75, 3.05) is 40.5 Å². The van der Waals surface area contributed by atoms with E-state index in [4.69, 9.17) is 15.2 Å². The second kappa shape index (κ2) is 7.17. The Morgan fingerprint density at radius 1 is 1.61 bits per heavy atom. The van der Waals surface area contributed by atoms with Crippen molar-refractivity contribution in [1.82, 2.24) is 4.90 Å². The van der Waals surface area contributed by atoms with Gasteiger partial charge in [-0.1, -0.05) is 0 Å². The first-order valence-corrected chi connectivity index (χ1v) is 5.85. The third-order valence-corrected chi connectivity index (χ3v) is 2.73. The van der Waals surface area contributed by atoms with Crippen molar-refractivity contribution in [1.29, 1.82) is 0 Å². The number of carbonyl (C=O) groups excluding carboxylic acids is 1. The van der Waals surface area contributed by atoms with Crippen LogP contribution in [0.5, 0.6) is 0 Å². The number of rotatable bonds is 4. The molecule has 1 rings (SSSR count). The van der Waals surface area contributed by atoms with E-state index in [1.807, 2.05) is 11.8 Å². The molecule has 1 heterocycles. The molecule has 2 unspecified atom stereocenters. The number of hydrogen-bond acceptors (Lipinski definition) is 5. The van der Waals surface area contributed by atoms with E-state index in [9.17, 15) is 4.79 Å². The highest BCUT2D eigenvalue weighted by atomic mass is 16.6. The van der Waals surface area contributed by atoms with Gasteiger partial charge in [-0.2, -0.15) is 0 Å². The molecule has 1 aliphatic heterocycles. The van der Waals surface area contributed by atoms with Crippen LogP contribution in [0.2, 0.25) is 0 Å². The smallest absolute Gasteiger partial charge is 0.336 e. The van der Waals surface area contributed by atoms with E-state index in [0.29, 0.717) is 25.7 Å². The van der Waals surface area contributed by atoms with Crippen LogP contribution in [0.15, 0.2) is 4.99 Å². The molecule has 0 bridgehead atoms. The number of methoxy groups -OCH3 is 2. The molecule has 0 aromatic rings. The Morgan fingerprint density at radius 2 is 2.33 bits per heavy atom. The summed E-state index contributed by atoms with van der Waals surface area (Å²) < 4.78 is 15.0. The first kappa shape index (κ1) is 14.7. The molecule has 1 fully saturated rings. The van der Waals surface area contributed by atoms with Gasteiger partial charge in [0.25, 0.3) is 0 Å². The van der Waals surface area contributed by atoms with Crippen molar-refractivity contribution in [3.05, 3.63) is 0 Å². The van der Waals surface area contributed by atoms with E-state index in [-0.39, 0.29) is 12.6 Å². The summed E-state index contributed by atoms with van der Waals surface area (Å²) >= 11 is 0. The van der Waals surface area contributed by atoms with Crippen LogP contribution in [-0.2, 0) is 19.0 Å². The van der Waals surface area contributed by atoms with Gasteiger partial charge >= 0.3 is 5.97 Å². The van der Waals surface area contributed by atoms with E-state index >= 15 is 0 Å². The number of nitrogens with zero attached hydrogens (tertiary/aromatic N) is 2. The van der Waals surface area contributed by atoms with E-state index in [0.717, 1.165) is 0 Å². The predicted octanol–water partition coefficient (Wildman–Crippen LogP) is -0.790. The van der Waals surface area contributed by atoms with E-state index in [2.05, 4.69) is 9.73 Å². The summed E-state index contributed by atoms with van der Waals surface area (Å²) in [4.78, 5) is 17.4. The number of ether oxygens (including phenoxy) is 3. The summed E-state index contributed by atoms with van der Waals surface area (Å²) in [5.41, 5.74) is 5.87. The van der Waals surface area contributed by atoms with Crippen LogP contribution < -0.4 is 5.73 Å². The van der Waals surface area contributed by atoms with Crippen molar-refractivity contribution in [3.8, 4) is 0 Å². The summed E-state index contributed by atoms with van der Waals surface area (Å²) in [7, 11) is 2.75. The fourth-order valence-electron chi connectivity index (χ4n) is 1.68. The van der Waals surface area contributed by atoms with Gasteiger partial charge in [-0.3, -0.25) is 0 Å². The Hall–Kier alpha value is -1.34. The highest BCUT2D eigenvalue weighted by molar-refractivity contribution is 5.79. The molecular weight excluding hydrogens is 238 g/mol. The molecule has 1 aliphatic rings. The Labute approximate surface area is 107 Å². The molecule has 0 aromatic heterocycles. The Morgan fingerprint density at radius 3 is 2.89 bits per heavy atom. The zero-order valence-corrected chi connectivity index (χ0v) is 11.1. The maximum Gasteiger partial charge on any atom is 0.336 e. The predicted molar refractivity (Wildman–Crippen MR) is 66.3 cm³/mol. The number of esters is 1. The van der Waals surface area contributed by atoms with Gasteiger partial charge in [0.15, 0.2) is 12.1 Å². The van der Waals surface area contributed by atoms with Crippen molar-refractivity contribution >= 4 is 11.9 Å². The lowest BCUT2D eigenvalue weighted by atomic mass is 10.3. The van der Waals surface area contributed by atoms with Crippen molar-refractivity contribution in [3.63, 3.8) is 0 Å². The average molecular weight is 259 g/mol. The molecular formula is C11H21N3O4. The zero-order chi connectivity index (χ0) is 13.5. The molecule has 18 heavy (non-hydrogen) atoms. The maximum absolute atomic E-state index is 11.3. The molecule has 0 radical (unpaired) electrons. The van der Waals surface area contributed by atoms with Crippen molar-refractivity contribution in [2.45, 2.75) is 19.1 Å². The minimum absolute atomic E-state index is 0.131. The van der Waals surface area contributed by atoms with E-state index in [1.54, 1.807) is 0 Å². The molecule has 0 amide bonds. The summed E-state index contributed by atoms with van der Waals surface area (Å²) in [6.07, 6.45) is -0.585. The SMILES string of the molecule is COC(=O)C(CN=C(N)N1CCOC(C)C1)OC. The molecule has 0 aliphatic carbocycles. The molecule has 2 N–H and O–H groups in total. The Bertz CT molecular complexity index is 309. The van der Waals surface area contributed by atoms with E-state index in [1.165, 1.54) is 14.2 Å². The Kier molecular flexibility index (Phi) is 5.87. The fraction of sp³-hybridized carbons (Fsp3) is 0.818. The van der Waals surface area contributed by atoms with Crippen LogP contribution in [-0.4, -0.2) is 69.5 Å². The second-order valence-electron chi connectivity index (χ2n) is 4.07. The van der Waals surface area contributed by atoms with Gasteiger partial charge in [0.2, 0.25) is 0 Å². The minimum Gasteiger partial charge on any atom is -0.467 e. The van der Waals surface area contributed by atoms with Gasteiger partial charge in [0.05, 0.1) is 26.4 Å². The fourth-order valence-corrected chi connectivity index (χ4v) is 1.68. The highest BCUT2D eigenvalue weighted by Crippen LogP contribution is 2.04. The number of carbonyl (C=O) groups is 1. The lowest BCUT2D eigenvalue weighted by Gasteiger charge is -2.31. The van der Waals surface area contributed by atoms with Gasteiger partial charge < -0.3 is 24.8 Å². The molecule has 0 aromatic carbocycles. The Balaban J connectivity index is 2.51. The highest BCUT2D eigenvalue weighted by Gasteiger charge is 2.20. The summed E-state index contributed by atoms with van der Waals surface area (Å²) in [5, 5.41) is 0. The standard InChI is InChI=1S/C11H21N3O4/c1-8-7-14(4-5-18-8)11(12)13-6-9(16-2)10(15)17-3/h8-9H,4-7H2,1-3H3,(H2,12,13). The quantitative estimate of drug-likeness (QED) is 0.404. The van der Waals surface area contributed by atoms with Gasteiger partial charge in [-0.05, 0) is 6.92 Å². The van der Waals surface area contributed by atoms with Gasteiger partial charge in [0, 0.05) is 20.2 Å². The lowest BCUT2D eigenvalue weighted by Crippen LogP contribution is -2.48. The van der Waals surface area contributed by atoms with Crippen molar-refractivity contribution < 1.29 is 19.0 Å². The lowest BCUT2D eigenvalue weighted by molar-refractivity contribution is -0.151. The van der Waals surface area contributed by atoms with Crippen LogP contribution in [0.1, 0.15) is 6.92 Å². The van der Waals surface area contributed by atoms with Crippen LogP contribution in [0, 0.1) is 0 Å². The summed E-state index contributed by atoms with van der Waals surface area (Å²) in [5.74, 6) is -0.0551. The first-order chi connectivity index (χ1) is 8.58. The molecule has 104 valence electrons. The normalized spacial score (nSPS) is 22.7.